The average molecular weight is 1420 g/mol. The van der Waals surface area contributed by atoms with Crippen LogP contribution in [0.3, 0.4) is 0 Å². The number of furan rings is 1. The summed E-state index contributed by atoms with van der Waals surface area (Å²) in [5, 5.41) is 17.6. The number of nitrogens with zero attached hydrogens (tertiary/aromatic N) is 4. The topological polar surface area (TPSA) is 32.9 Å². The molecule has 7 aromatic heterocycles. The smallest absolute Gasteiger partial charge is 0.135 e. The van der Waals surface area contributed by atoms with E-state index in [4.69, 9.17) is 4.42 Å². The summed E-state index contributed by atoms with van der Waals surface area (Å²) >= 11 is 3.76. The van der Waals surface area contributed by atoms with Crippen molar-refractivity contribution in [3.63, 3.8) is 0 Å². The van der Waals surface area contributed by atoms with Gasteiger partial charge in [-0.05, 0) is 184 Å². The summed E-state index contributed by atoms with van der Waals surface area (Å²) < 4.78 is 21.2. The predicted octanol–water partition coefficient (Wildman–Crippen LogP) is 29.1. The lowest BCUT2D eigenvalue weighted by Gasteiger charge is -2.11. The lowest BCUT2D eigenvalue weighted by molar-refractivity contribution is 0.669. The van der Waals surface area contributed by atoms with Gasteiger partial charge in [-0.15, -0.1) is 22.7 Å². The number of thiophene rings is 2. The molecule has 0 bridgehead atoms. The van der Waals surface area contributed by atoms with Gasteiger partial charge in [0.1, 0.15) is 11.2 Å². The van der Waals surface area contributed by atoms with Crippen molar-refractivity contribution < 1.29 is 4.42 Å². The first-order chi connectivity index (χ1) is 54.0. The van der Waals surface area contributed by atoms with Gasteiger partial charge < -0.3 is 22.7 Å². The molecule has 24 rings (SSSR count). The summed E-state index contributed by atoms with van der Waals surface area (Å²) in [6.07, 6.45) is 0. The van der Waals surface area contributed by atoms with Crippen molar-refractivity contribution in [2.75, 3.05) is 0 Å². The Morgan fingerprint density at radius 2 is 0.523 bits per heavy atom. The molecular weight excluding hydrogens is 1360 g/mol. The second-order valence-electron chi connectivity index (χ2n) is 28.6. The molecule has 0 aliphatic heterocycles. The van der Waals surface area contributed by atoms with Crippen molar-refractivity contribution in [1.82, 2.24) is 18.3 Å². The van der Waals surface area contributed by atoms with Crippen molar-refractivity contribution in [2.24, 2.45) is 0 Å². The van der Waals surface area contributed by atoms with E-state index in [1.54, 1.807) is 0 Å². The minimum atomic E-state index is 0.903. The largest absolute Gasteiger partial charge is 0.456 e. The summed E-state index contributed by atoms with van der Waals surface area (Å²) in [5.41, 5.74) is 25.9. The monoisotopic (exact) mass is 1420 g/mol. The molecule has 0 radical (unpaired) electrons. The Balaban J connectivity index is 0.000000139. The molecule has 0 saturated heterocycles. The van der Waals surface area contributed by atoms with Crippen LogP contribution in [0.4, 0.5) is 0 Å². The SMILES string of the molecule is c1ccc(-c2ccc(-c3ccc(-n4c5ccc(-c6ccc7c(c6)c6ccccc6n7-c6ccc7oc8ccccc8c7c6)cc5c5ccc6c7ccccc7sc6c54)cc3)cc2)cc1.c1ccc(-n2c3ccccc3c3cc(-c4ccc5c(c4)c4ccccc4n5-c4ccc5c(c4)sc4ccccc45)ccc32)cc1. The van der Waals surface area contributed by atoms with Crippen LogP contribution in [0, 0.1) is 0 Å². The maximum Gasteiger partial charge on any atom is 0.135 e. The van der Waals surface area contributed by atoms with Gasteiger partial charge in [-0.25, -0.2) is 0 Å². The molecule has 0 amide bonds. The van der Waals surface area contributed by atoms with E-state index in [1.807, 2.05) is 34.8 Å². The van der Waals surface area contributed by atoms with Gasteiger partial charge in [0.15, 0.2) is 0 Å². The van der Waals surface area contributed by atoms with Crippen LogP contribution in [0.15, 0.2) is 381 Å². The van der Waals surface area contributed by atoms with Crippen molar-refractivity contribution >= 4 is 172 Å². The third-order valence-electron chi connectivity index (χ3n) is 22.7. The third-order valence-corrected chi connectivity index (χ3v) is 25.0. The Labute approximate surface area is 633 Å². The molecule has 24 aromatic rings. The Bertz CT molecular complexity index is 7840. The Kier molecular flexibility index (Phi) is 13.7. The number of fused-ring (bicyclic) bond motifs is 22. The molecule has 109 heavy (non-hydrogen) atoms. The number of rotatable bonds is 8. The van der Waals surface area contributed by atoms with Crippen molar-refractivity contribution in [3.05, 3.63) is 376 Å². The van der Waals surface area contributed by atoms with Gasteiger partial charge in [0.05, 0.1) is 48.8 Å². The predicted molar refractivity (Wildman–Crippen MR) is 465 cm³/mol. The van der Waals surface area contributed by atoms with Gasteiger partial charge in [-0.2, -0.15) is 0 Å². The molecule has 17 aromatic carbocycles. The fourth-order valence-electron chi connectivity index (χ4n) is 17.6. The highest BCUT2D eigenvalue weighted by atomic mass is 32.1. The zero-order valence-electron chi connectivity index (χ0n) is 58.8. The highest BCUT2D eigenvalue weighted by Gasteiger charge is 2.23. The van der Waals surface area contributed by atoms with Gasteiger partial charge in [-0.1, -0.05) is 237 Å². The van der Waals surface area contributed by atoms with E-state index in [-0.39, 0.29) is 0 Å². The fourth-order valence-corrected chi connectivity index (χ4v) is 20.0. The van der Waals surface area contributed by atoms with Gasteiger partial charge in [0.2, 0.25) is 0 Å². The van der Waals surface area contributed by atoms with E-state index in [0.29, 0.717) is 0 Å². The van der Waals surface area contributed by atoms with Gasteiger partial charge >= 0.3 is 0 Å². The lowest BCUT2D eigenvalue weighted by atomic mass is 10.00. The molecule has 0 unspecified atom stereocenters. The van der Waals surface area contributed by atoms with E-state index < -0.39 is 0 Å². The van der Waals surface area contributed by atoms with E-state index in [2.05, 4.69) is 382 Å². The number of para-hydroxylation sites is 5. The molecule has 0 N–H and O–H groups in total. The summed E-state index contributed by atoms with van der Waals surface area (Å²) in [7, 11) is 0. The standard InChI is InChI=1S/C60H36N2OS.C42H26N2S/c1-2-10-37(11-3-1)38-18-20-39(21-19-38)40-22-26-43(27-23-40)62-55-32-25-42(35-51(55)48-29-30-49-47-14-6-9-17-58(47)64-60(49)59(48)62)41-24-31-54-50(34-41)45-12-4-7-15-53(45)61(54)44-28-33-57-52(36-44)46-13-5-8-16-56(46)63-57;1-2-10-29(11-3-1)43-37-15-7-4-12-31(37)35-24-27(18-22-39(35)43)28-19-23-40-36(25-28)32-13-5-8-16-38(32)44(40)30-20-21-34-33-14-6-9-17-41(33)45-42(34)26-30/h1-36H;1-26H. The quantitative estimate of drug-likeness (QED) is 0.149. The molecule has 0 aliphatic carbocycles. The summed E-state index contributed by atoms with van der Waals surface area (Å²) in [5.74, 6) is 0. The molecule has 5 nitrogen and oxygen atoms in total. The maximum absolute atomic E-state index is 6.21. The van der Waals surface area contributed by atoms with Crippen LogP contribution in [0.1, 0.15) is 0 Å². The Hall–Kier alpha value is -13.8. The summed E-state index contributed by atoms with van der Waals surface area (Å²) in [6, 6.07) is 137. The zero-order valence-corrected chi connectivity index (χ0v) is 60.4. The van der Waals surface area contributed by atoms with Crippen LogP contribution in [0.2, 0.25) is 0 Å². The molecular formula is C102H62N4OS2. The minimum Gasteiger partial charge on any atom is -0.456 e. The second kappa shape index (κ2) is 24.4. The number of hydrogen-bond donors (Lipinski definition) is 0. The second-order valence-corrected chi connectivity index (χ2v) is 30.8. The first-order valence-electron chi connectivity index (χ1n) is 37.2. The number of hydrogen-bond acceptors (Lipinski definition) is 3. The first kappa shape index (κ1) is 61.5. The van der Waals surface area contributed by atoms with Crippen LogP contribution in [0.25, 0.3) is 217 Å². The minimum absolute atomic E-state index is 0.903. The summed E-state index contributed by atoms with van der Waals surface area (Å²) in [4.78, 5) is 0. The van der Waals surface area contributed by atoms with Crippen molar-refractivity contribution in [1.29, 1.82) is 0 Å². The first-order valence-corrected chi connectivity index (χ1v) is 38.8. The van der Waals surface area contributed by atoms with E-state index in [9.17, 15) is 0 Å². The molecule has 0 saturated carbocycles. The lowest BCUT2D eigenvalue weighted by Crippen LogP contribution is -1.94. The van der Waals surface area contributed by atoms with Gasteiger partial charge in [0.25, 0.3) is 0 Å². The van der Waals surface area contributed by atoms with Crippen molar-refractivity contribution in [2.45, 2.75) is 0 Å². The Morgan fingerprint density at radius 1 is 0.174 bits per heavy atom. The molecule has 7 heteroatoms. The fraction of sp³-hybridized carbons (Fsp3) is 0. The van der Waals surface area contributed by atoms with Crippen molar-refractivity contribution in [3.8, 4) is 67.3 Å². The molecule has 0 fully saturated rings. The van der Waals surface area contributed by atoms with E-state index in [1.165, 1.54) is 183 Å². The van der Waals surface area contributed by atoms with Crippen LogP contribution >= 0.6 is 22.7 Å². The summed E-state index contributed by atoms with van der Waals surface area (Å²) in [6.45, 7) is 0. The zero-order chi connectivity index (χ0) is 71.4. The highest BCUT2D eigenvalue weighted by molar-refractivity contribution is 7.26. The van der Waals surface area contributed by atoms with E-state index >= 15 is 0 Å². The Morgan fingerprint density at radius 3 is 1.09 bits per heavy atom. The van der Waals surface area contributed by atoms with E-state index in [0.717, 1.165) is 33.3 Å². The molecule has 0 aliphatic rings. The van der Waals surface area contributed by atoms with Crippen LogP contribution in [-0.2, 0) is 0 Å². The normalized spacial score (nSPS) is 12.0. The maximum atomic E-state index is 6.21. The highest BCUT2D eigenvalue weighted by Crippen LogP contribution is 2.47. The molecule has 0 atom stereocenters. The molecule has 508 valence electrons. The molecule has 0 spiro atoms. The third kappa shape index (κ3) is 9.70. The average Bonchev–Trinajstić information content (AvgIpc) is 1.57. The number of benzene rings is 17. The molecule has 7 heterocycles. The van der Waals surface area contributed by atoms with Gasteiger partial charge in [0, 0.05) is 112 Å². The van der Waals surface area contributed by atoms with Gasteiger partial charge in [-0.3, -0.25) is 0 Å². The van der Waals surface area contributed by atoms with Crippen LogP contribution < -0.4 is 0 Å². The van der Waals surface area contributed by atoms with Crippen LogP contribution in [-0.4, -0.2) is 18.3 Å². The number of aromatic nitrogens is 4. The van der Waals surface area contributed by atoms with Crippen LogP contribution in [0.5, 0.6) is 0 Å².